The number of halogens is 3. The molecule has 1 N–H and O–H groups in total. The van der Waals surface area contributed by atoms with Crippen LogP contribution in [0.3, 0.4) is 0 Å². The van der Waals surface area contributed by atoms with Gasteiger partial charge in [-0.3, -0.25) is 19.3 Å². The standard InChI is InChI=1S/C32H33F3N4O5/c1-3-16-38-24-19-39(28(40)25(24)26(36-31(38)43)22-14-8-9-15-23(22)32(33,34)35)27(20-11-6-5-7-12-20)29(41)37-17-10-13-21(18-37)30(42)44-4-2/h3,5-9,11-12,14-15,21,26-27H,1,4,10,13,16-19H2,2H3,(H,36,43)/t21-,26+,27-/m0/s1. The van der Waals surface area contributed by atoms with E-state index in [1.807, 2.05) is 0 Å². The summed E-state index contributed by atoms with van der Waals surface area (Å²) in [5.41, 5.74) is -0.595. The van der Waals surface area contributed by atoms with Crippen LogP contribution in [-0.4, -0.2) is 71.3 Å². The van der Waals surface area contributed by atoms with E-state index >= 15 is 0 Å². The summed E-state index contributed by atoms with van der Waals surface area (Å²) in [5, 5.41) is 2.59. The van der Waals surface area contributed by atoms with E-state index in [-0.39, 0.29) is 43.1 Å². The van der Waals surface area contributed by atoms with Crippen LogP contribution >= 0.6 is 0 Å². The van der Waals surface area contributed by atoms with Crippen molar-refractivity contribution in [1.29, 1.82) is 0 Å². The molecule has 0 bridgehead atoms. The molecule has 9 nitrogen and oxygen atoms in total. The maximum atomic E-state index is 14.3. The van der Waals surface area contributed by atoms with Gasteiger partial charge in [0.25, 0.3) is 5.91 Å². The van der Waals surface area contributed by atoms with E-state index in [1.165, 1.54) is 39.0 Å². The topological polar surface area (TPSA) is 99.3 Å². The van der Waals surface area contributed by atoms with Gasteiger partial charge in [-0.15, -0.1) is 6.58 Å². The summed E-state index contributed by atoms with van der Waals surface area (Å²) >= 11 is 0. The van der Waals surface area contributed by atoms with Crippen molar-refractivity contribution in [3.05, 3.63) is 95.2 Å². The van der Waals surface area contributed by atoms with E-state index in [0.717, 1.165) is 6.07 Å². The van der Waals surface area contributed by atoms with Crippen molar-refractivity contribution in [2.45, 2.75) is 38.0 Å². The number of rotatable bonds is 8. The van der Waals surface area contributed by atoms with Crippen molar-refractivity contribution in [2.24, 2.45) is 5.92 Å². The van der Waals surface area contributed by atoms with Gasteiger partial charge in [-0.2, -0.15) is 13.2 Å². The number of carbonyl (C=O) groups is 4. The third-order valence-electron chi connectivity index (χ3n) is 8.15. The molecule has 2 aromatic rings. The predicted octanol–water partition coefficient (Wildman–Crippen LogP) is 4.60. The predicted molar refractivity (Wildman–Crippen MR) is 153 cm³/mol. The number of alkyl halides is 3. The summed E-state index contributed by atoms with van der Waals surface area (Å²) in [6.07, 6.45) is -2.18. The lowest BCUT2D eigenvalue weighted by Crippen LogP contribution is -2.49. The average molecular weight is 611 g/mol. The summed E-state index contributed by atoms with van der Waals surface area (Å²) in [4.78, 5) is 58.5. The third kappa shape index (κ3) is 5.80. The number of nitrogens with zero attached hydrogens (tertiary/aromatic N) is 3. The molecule has 0 radical (unpaired) electrons. The number of hydrogen-bond acceptors (Lipinski definition) is 5. The van der Waals surface area contributed by atoms with E-state index in [1.54, 1.807) is 37.3 Å². The fraction of sp³-hybridized carbons (Fsp3) is 0.375. The normalized spacial score (nSPS) is 21.1. The van der Waals surface area contributed by atoms with E-state index in [0.29, 0.717) is 24.9 Å². The number of piperidine rings is 1. The highest BCUT2D eigenvalue weighted by Crippen LogP contribution is 2.43. The Morgan fingerprint density at radius 1 is 1.11 bits per heavy atom. The minimum atomic E-state index is -4.74. The summed E-state index contributed by atoms with van der Waals surface area (Å²) in [6.45, 7) is 5.87. The lowest BCUT2D eigenvalue weighted by Gasteiger charge is -2.37. The summed E-state index contributed by atoms with van der Waals surface area (Å²) in [5.74, 6) is -2.01. The number of esters is 1. The second-order valence-electron chi connectivity index (χ2n) is 10.8. The van der Waals surface area contributed by atoms with Gasteiger partial charge < -0.3 is 19.9 Å². The van der Waals surface area contributed by atoms with Gasteiger partial charge in [0, 0.05) is 19.6 Å². The quantitative estimate of drug-likeness (QED) is 0.348. The Balaban J connectivity index is 1.56. The Bertz CT molecular complexity index is 1490. The summed E-state index contributed by atoms with van der Waals surface area (Å²) in [7, 11) is 0. The molecular formula is C32H33F3N4O5. The molecule has 3 heterocycles. The van der Waals surface area contributed by atoms with Crippen molar-refractivity contribution >= 4 is 23.8 Å². The Morgan fingerprint density at radius 2 is 1.82 bits per heavy atom. The number of hydrogen-bond donors (Lipinski definition) is 1. The Hall–Kier alpha value is -4.61. The van der Waals surface area contributed by atoms with Crippen LogP contribution in [0.4, 0.5) is 18.0 Å². The molecule has 0 saturated carbocycles. The molecule has 12 heteroatoms. The maximum absolute atomic E-state index is 14.3. The van der Waals surface area contributed by atoms with Crippen LogP contribution in [0.2, 0.25) is 0 Å². The monoisotopic (exact) mass is 610 g/mol. The smallest absolute Gasteiger partial charge is 0.416 e. The molecule has 4 amide bonds. The second-order valence-corrected chi connectivity index (χ2v) is 10.8. The molecule has 1 fully saturated rings. The fourth-order valence-corrected chi connectivity index (χ4v) is 6.18. The molecule has 0 spiro atoms. The highest BCUT2D eigenvalue weighted by atomic mass is 19.4. The van der Waals surface area contributed by atoms with E-state index < -0.39 is 53.6 Å². The van der Waals surface area contributed by atoms with Crippen molar-refractivity contribution in [2.75, 3.05) is 32.8 Å². The number of amides is 4. The van der Waals surface area contributed by atoms with Crippen LogP contribution in [0.15, 0.2) is 78.5 Å². The highest BCUT2D eigenvalue weighted by Gasteiger charge is 2.50. The first-order valence-corrected chi connectivity index (χ1v) is 14.5. The van der Waals surface area contributed by atoms with Crippen LogP contribution in [0, 0.1) is 5.92 Å². The first-order chi connectivity index (χ1) is 21.1. The van der Waals surface area contributed by atoms with Gasteiger partial charge in [0.1, 0.15) is 6.04 Å². The molecule has 3 aliphatic rings. The van der Waals surface area contributed by atoms with Gasteiger partial charge in [0.2, 0.25) is 5.91 Å². The number of likely N-dealkylation sites (tertiary alicyclic amines) is 1. The largest absolute Gasteiger partial charge is 0.466 e. The number of urea groups is 1. The van der Waals surface area contributed by atoms with Gasteiger partial charge in [-0.25, -0.2) is 4.79 Å². The van der Waals surface area contributed by atoms with E-state index in [9.17, 15) is 32.3 Å². The average Bonchev–Trinajstić information content (AvgIpc) is 3.35. The number of ether oxygens (including phenoxy) is 1. The molecule has 0 aliphatic carbocycles. The van der Waals surface area contributed by atoms with Gasteiger partial charge >= 0.3 is 18.2 Å². The minimum Gasteiger partial charge on any atom is -0.466 e. The first-order valence-electron chi connectivity index (χ1n) is 14.5. The number of nitrogens with one attached hydrogen (secondary N) is 1. The fourth-order valence-electron chi connectivity index (χ4n) is 6.18. The van der Waals surface area contributed by atoms with Crippen molar-refractivity contribution in [1.82, 2.24) is 20.0 Å². The molecular weight excluding hydrogens is 577 g/mol. The van der Waals surface area contributed by atoms with Crippen LogP contribution < -0.4 is 5.32 Å². The highest BCUT2D eigenvalue weighted by molar-refractivity contribution is 6.04. The molecule has 44 heavy (non-hydrogen) atoms. The molecule has 3 atom stereocenters. The van der Waals surface area contributed by atoms with Gasteiger partial charge in [0.05, 0.1) is 41.9 Å². The maximum Gasteiger partial charge on any atom is 0.416 e. The van der Waals surface area contributed by atoms with Crippen LogP contribution in [0.1, 0.15) is 48.5 Å². The molecule has 5 rings (SSSR count). The van der Waals surface area contributed by atoms with Crippen LogP contribution in [0.25, 0.3) is 0 Å². The van der Waals surface area contributed by atoms with Crippen molar-refractivity contribution in [3.63, 3.8) is 0 Å². The Morgan fingerprint density at radius 3 is 2.50 bits per heavy atom. The zero-order chi connectivity index (χ0) is 31.6. The zero-order valence-electron chi connectivity index (χ0n) is 24.2. The van der Waals surface area contributed by atoms with Gasteiger partial charge in [-0.1, -0.05) is 54.6 Å². The second kappa shape index (κ2) is 12.6. The minimum absolute atomic E-state index is 0.00325. The van der Waals surface area contributed by atoms with Gasteiger partial charge in [-0.05, 0) is 37.0 Å². The third-order valence-corrected chi connectivity index (χ3v) is 8.15. The molecule has 232 valence electrons. The van der Waals surface area contributed by atoms with Crippen LogP contribution in [-0.2, 0) is 25.3 Å². The number of carbonyl (C=O) groups excluding carboxylic acids is 4. The molecule has 0 aromatic heterocycles. The van der Waals surface area contributed by atoms with E-state index in [2.05, 4.69) is 11.9 Å². The van der Waals surface area contributed by atoms with Gasteiger partial charge in [0.15, 0.2) is 0 Å². The van der Waals surface area contributed by atoms with Crippen molar-refractivity contribution < 1.29 is 37.1 Å². The Labute approximate surface area is 252 Å². The Kier molecular flexibility index (Phi) is 8.80. The SMILES string of the molecule is C=CCN1C(=O)N[C@H](c2ccccc2C(F)(F)F)C2=C1CN([C@H](C(=O)N1CCC[C@H](C(=O)OCC)C1)c1ccccc1)C2=O. The first kappa shape index (κ1) is 30.8. The van der Waals surface area contributed by atoms with Crippen molar-refractivity contribution in [3.8, 4) is 0 Å². The number of benzene rings is 2. The zero-order valence-corrected chi connectivity index (χ0v) is 24.2. The van der Waals surface area contributed by atoms with Crippen LogP contribution in [0.5, 0.6) is 0 Å². The molecule has 0 unspecified atom stereocenters. The molecule has 3 aliphatic heterocycles. The van der Waals surface area contributed by atoms with E-state index in [4.69, 9.17) is 4.74 Å². The molecule has 2 aromatic carbocycles. The molecule has 1 saturated heterocycles. The lowest BCUT2D eigenvalue weighted by atomic mass is 9.91. The summed E-state index contributed by atoms with van der Waals surface area (Å²) in [6, 6.07) is 10.1. The lowest BCUT2D eigenvalue weighted by molar-refractivity contribution is -0.153. The summed E-state index contributed by atoms with van der Waals surface area (Å²) < 4.78 is 47.4.